The van der Waals surface area contributed by atoms with Gasteiger partial charge in [-0.3, -0.25) is 0 Å². The highest BCUT2D eigenvalue weighted by atomic mass is 16.5. The van der Waals surface area contributed by atoms with Crippen LogP contribution >= 0.6 is 0 Å². The Morgan fingerprint density at radius 3 is 2.90 bits per heavy atom. The Kier molecular flexibility index (Phi) is 3.72. The van der Waals surface area contributed by atoms with Gasteiger partial charge >= 0.3 is 5.97 Å². The third kappa shape index (κ3) is 2.56. The molecule has 112 valence electrons. The van der Waals surface area contributed by atoms with Crippen molar-refractivity contribution >= 4 is 5.97 Å². The number of fused-ring (bicyclic) bond motifs is 1. The Hall–Kier alpha value is -1.81. The molecule has 4 heteroatoms. The summed E-state index contributed by atoms with van der Waals surface area (Å²) in [5, 5.41) is 0. The first-order chi connectivity index (χ1) is 10.1. The highest BCUT2D eigenvalue weighted by Gasteiger charge is 2.47. The van der Waals surface area contributed by atoms with Gasteiger partial charge in [0.25, 0.3) is 0 Å². The molecule has 1 aromatic rings. The number of benzene rings is 1. The highest BCUT2D eigenvalue weighted by molar-refractivity contribution is 5.82. The normalized spacial score (nSPS) is 30.3. The molecule has 2 heterocycles. The maximum absolute atomic E-state index is 11.7. The van der Waals surface area contributed by atoms with E-state index in [1.807, 2.05) is 18.2 Å². The smallest absolute Gasteiger partial charge is 0.332 e. The van der Waals surface area contributed by atoms with Gasteiger partial charge in [-0.05, 0) is 31.7 Å². The average molecular weight is 287 g/mol. The van der Waals surface area contributed by atoms with E-state index in [0.717, 1.165) is 25.0 Å². The van der Waals surface area contributed by atoms with Crippen molar-refractivity contribution in [3.8, 4) is 0 Å². The van der Waals surface area contributed by atoms with Crippen LogP contribution in [0.1, 0.15) is 37.8 Å². The molecule has 2 saturated heterocycles. The summed E-state index contributed by atoms with van der Waals surface area (Å²) < 4.78 is 10.9. The Morgan fingerprint density at radius 2 is 2.19 bits per heavy atom. The predicted molar refractivity (Wildman–Crippen MR) is 79.3 cm³/mol. The number of ether oxygens (including phenoxy) is 2. The monoisotopic (exact) mass is 287 g/mol. The second-order valence-corrected chi connectivity index (χ2v) is 5.79. The zero-order chi connectivity index (χ0) is 14.9. The quantitative estimate of drug-likeness (QED) is 0.619. The Bertz CT molecular complexity index is 554. The van der Waals surface area contributed by atoms with Crippen LogP contribution in [0.25, 0.3) is 0 Å². The van der Waals surface area contributed by atoms with Gasteiger partial charge in [0.15, 0.2) is 0 Å². The van der Waals surface area contributed by atoms with Crippen LogP contribution in [0, 0.1) is 0 Å². The summed E-state index contributed by atoms with van der Waals surface area (Å²) in [6.07, 6.45) is 4.51. The van der Waals surface area contributed by atoms with Gasteiger partial charge in [0.1, 0.15) is 5.72 Å². The molecule has 2 aliphatic heterocycles. The number of methoxy groups -OCH3 is 1. The molecule has 1 aromatic carbocycles. The maximum atomic E-state index is 11.7. The fraction of sp³-hybridized carbons (Fsp3) is 0.471. The molecule has 0 aliphatic carbocycles. The number of carbonyl (C=O) groups is 1. The van der Waals surface area contributed by atoms with Crippen molar-refractivity contribution in [3.63, 3.8) is 0 Å². The Labute approximate surface area is 125 Å². The molecule has 2 aliphatic rings. The van der Waals surface area contributed by atoms with E-state index >= 15 is 0 Å². The van der Waals surface area contributed by atoms with Gasteiger partial charge in [0, 0.05) is 11.8 Å². The lowest BCUT2D eigenvalue weighted by molar-refractivity contribution is -0.135. The van der Waals surface area contributed by atoms with E-state index in [1.54, 1.807) is 6.08 Å². The van der Waals surface area contributed by atoms with E-state index in [9.17, 15) is 4.79 Å². The van der Waals surface area contributed by atoms with Gasteiger partial charge in [0.05, 0.1) is 19.8 Å². The first kappa shape index (κ1) is 14.1. The molecule has 21 heavy (non-hydrogen) atoms. The summed E-state index contributed by atoms with van der Waals surface area (Å²) >= 11 is 0. The molecular weight excluding hydrogens is 266 g/mol. The van der Waals surface area contributed by atoms with Crippen molar-refractivity contribution < 1.29 is 14.3 Å². The predicted octanol–water partition coefficient (Wildman–Crippen LogP) is 3.02. The molecular formula is C17H21NO3. The van der Waals surface area contributed by atoms with Crippen molar-refractivity contribution in [1.29, 1.82) is 0 Å². The summed E-state index contributed by atoms with van der Waals surface area (Å²) in [5.74, 6) is -0.298. The van der Waals surface area contributed by atoms with Gasteiger partial charge in [-0.15, -0.1) is 0 Å². The largest absolute Gasteiger partial charge is 0.466 e. The van der Waals surface area contributed by atoms with Crippen molar-refractivity contribution in [1.82, 2.24) is 4.90 Å². The van der Waals surface area contributed by atoms with E-state index < -0.39 is 0 Å². The lowest BCUT2D eigenvalue weighted by Crippen LogP contribution is -2.45. The van der Waals surface area contributed by atoms with Crippen LogP contribution in [-0.2, 0) is 14.3 Å². The Balaban J connectivity index is 1.97. The number of hydrogen-bond donors (Lipinski definition) is 0. The molecule has 0 N–H and O–H groups in total. The summed E-state index contributed by atoms with van der Waals surface area (Å²) in [7, 11) is 1.41. The number of allylic oxidation sites excluding steroid dienone is 1. The van der Waals surface area contributed by atoms with Crippen molar-refractivity contribution in [3.05, 3.63) is 47.7 Å². The van der Waals surface area contributed by atoms with Gasteiger partial charge < -0.3 is 14.4 Å². The number of piperidine rings is 1. The topological polar surface area (TPSA) is 38.8 Å². The first-order valence-electron chi connectivity index (χ1n) is 7.41. The maximum Gasteiger partial charge on any atom is 0.332 e. The summed E-state index contributed by atoms with van der Waals surface area (Å²) in [4.78, 5) is 13.9. The van der Waals surface area contributed by atoms with Crippen LogP contribution in [-0.4, -0.2) is 30.3 Å². The number of rotatable bonds is 2. The SMILES string of the molecule is COC(=O)/C=C1\CCC[C@@]2(C)OC[C@H](c3ccccc3)N12. The lowest BCUT2D eigenvalue weighted by atomic mass is 9.94. The average Bonchev–Trinajstić information content (AvgIpc) is 2.86. The zero-order valence-electron chi connectivity index (χ0n) is 12.5. The van der Waals surface area contributed by atoms with Gasteiger partial charge in [-0.25, -0.2) is 4.79 Å². The molecule has 0 unspecified atom stereocenters. The summed E-state index contributed by atoms with van der Waals surface area (Å²) in [6, 6.07) is 10.5. The zero-order valence-corrected chi connectivity index (χ0v) is 12.5. The minimum atomic E-state index is -0.321. The fourth-order valence-electron chi connectivity index (χ4n) is 3.40. The van der Waals surface area contributed by atoms with E-state index in [4.69, 9.17) is 9.47 Å². The molecule has 0 bridgehead atoms. The van der Waals surface area contributed by atoms with Crippen LogP contribution in [0.5, 0.6) is 0 Å². The number of carbonyl (C=O) groups excluding carboxylic acids is 1. The van der Waals surface area contributed by atoms with Crippen LogP contribution in [0.15, 0.2) is 42.1 Å². The molecule has 0 amide bonds. The van der Waals surface area contributed by atoms with Gasteiger partial charge in [0.2, 0.25) is 0 Å². The molecule has 0 spiro atoms. The van der Waals surface area contributed by atoms with Crippen LogP contribution in [0.4, 0.5) is 0 Å². The van der Waals surface area contributed by atoms with Crippen molar-refractivity contribution in [2.24, 2.45) is 0 Å². The number of esters is 1. The molecule has 3 rings (SSSR count). The number of hydrogen-bond acceptors (Lipinski definition) is 4. The van der Waals surface area contributed by atoms with E-state index in [0.29, 0.717) is 6.61 Å². The lowest BCUT2D eigenvalue weighted by Gasteiger charge is -2.43. The van der Waals surface area contributed by atoms with Gasteiger partial charge in [-0.1, -0.05) is 30.3 Å². The summed E-state index contributed by atoms with van der Waals surface area (Å²) in [6.45, 7) is 2.76. The summed E-state index contributed by atoms with van der Waals surface area (Å²) in [5.41, 5.74) is 1.92. The molecule has 0 aromatic heterocycles. The molecule has 2 fully saturated rings. The third-order valence-corrected chi connectivity index (χ3v) is 4.43. The first-order valence-corrected chi connectivity index (χ1v) is 7.41. The van der Waals surface area contributed by atoms with Crippen LogP contribution in [0.2, 0.25) is 0 Å². The fourth-order valence-corrected chi connectivity index (χ4v) is 3.40. The second kappa shape index (κ2) is 5.53. The van der Waals surface area contributed by atoms with E-state index in [1.165, 1.54) is 12.7 Å². The minimum absolute atomic E-state index is 0.160. The van der Waals surface area contributed by atoms with Crippen molar-refractivity contribution in [2.75, 3.05) is 13.7 Å². The van der Waals surface area contributed by atoms with Crippen LogP contribution < -0.4 is 0 Å². The van der Waals surface area contributed by atoms with Crippen LogP contribution in [0.3, 0.4) is 0 Å². The third-order valence-electron chi connectivity index (χ3n) is 4.43. The molecule has 0 radical (unpaired) electrons. The van der Waals surface area contributed by atoms with E-state index in [2.05, 4.69) is 24.0 Å². The number of nitrogens with zero attached hydrogens (tertiary/aromatic N) is 1. The second-order valence-electron chi connectivity index (χ2n) is 5.79. The highest BCUT2D eigenvalue weighted by Crippen LogP contribution is 2.46. The minimum Gasteiger partial charge on any atom is -0.466 e. The van der Waals surface area contributed by atoms with E-state index in [-0.39, 0.29) is 17.7 Å². The molecule has 4 nitrogen and oxygen atoms in total. The van der Waals surface area contributed by atoms with Crippen molar-refractivity contribution in [2.45, 2.75) is 38.0 Å². The van der Waals surface area contributed by atoms with Gasteiger partial charge in [-0.2, -0.15) is 0 Å². The molecule has 0 saturated carbocycles. The Morgan fingerprint density at radius 1 is 1.43 bits per heavy atom. The standard InChI is InChI=1S/C17H21NO3/c1-17-10-6-9-14(11-16(19)20-2)18(17)15(12-21-17)13-7-4-3-5-8-13/h3-5,7-8,11,15H,6,9-10,12H2,1-2H3/b14-11+/t15-,17-/m1/s1. The molecule has 2 atom stereocenters.